The second-order valence-electron chi connectivity index (χ2n) is 3.48. The molecular weight excluding hydrogens is 220 g/mol. The normalized spacial score (nSPS) is 18.5. The number of aliphatic carboxylic acids is 1. The minimum Gasteiger partial charge on any atom is -0.480 e. The van der Waals surface area contributed by atoms with Crippen LogP contribution in [0.25, 0.3) is 0 Å². The minimum absolute atomic E-state index is 0.337. The Morgan fingerprint density at radius 1 is 1.67 bits per heavy atom. The summed E-state index contributed by atoms with van der Waals surface area (Å²) in [5.74, 6) is -0.126. The second-order valence-corrected chi connectivity index (χ2v) is 4.01. The standard InChI is InChI=1S/C8H11ClN4O2/c9-6(8(14)15)3-12-1-2-13-5-10-11-7(13)4-12/h5-6H,1-4H2,(H,14,15). The van der Waals surface area contributed by atoms with E-state index in [1.165, 1.54) is 0 Å². The Kier molecular flexibility index (Phi) is 2.88. The molecule has 0 fully saturated rings. The molecule has 0 spiro atoms. The molecule has 1 aromatic heterocycles. The lowest BCUT2D eigenvalue weighted by Gasteiger charge is -2.27. The third kappa shape index (κ3) is 2.27. The summed E-state index contributed by atoms with van der Waals surface area (Å²) in [6, 6.07) is 0. The van der Waals surface area contributed by atoms with Crippen LogP contribution in [0.4, 0.5) is 0 Å². The molecule has 1 unspecified atom stereocenters. The average molecular weight is 231 g/mol. The molecule has 0 aliphatic carbocycles. The van der Waals surface area contributed by atoms with Gasteiger partial charge in [0.15, 0.2) is 0 Å². The maximum atomic E-state index is 10.6. The topological polar surface area (TPSA) is 71.2 Å². The molecule has 1 aromatic rings. The Labute approximate surface area is 91.5 Å². The fraction of sp³-hybridized carbons (Fsp3) is 0.625. The van der Waals surface area contributed by atoms with Crippen LogP contribution in [0, 0.1) is 0 Å². The summed E-state index contributed by atoms with van der Waals surface area (Å²) >= 11 is 5.67. The van der Waals surface area contributed by atoms with Gasteiger partial charge < -0.3 is 9.67 Å². The molecule has 0 amide bonds. The number of aromatic nitrogens is 3. The number of alkyl halides is 1. The van der Waals surface area contributed by atoms with Gasteiger partial charge in [0.2, 0.25) is 0 Å². The van der Waals surface area contributed by atoms with E-state index in [1.54, 1.807) is 6.33 Å². The molecule has 1 aliphatic rings. The van der Waals surface area contributed by atoms with Crippen LogP contribution in [0.3, 0.4) is 0 Å². The molecule has 7 heteroatoms. The smallest absolute Gasteiger partial charge is 0.322 e. The monoisotopic (exact) mass is 230 g/mol. The highest BCUT2D eigenvalue weighted by Crippen LogP contribution is 2.10. The number of nitrogens with zero attached hydrogens (tertiary/aromatic N) is 4. The molecule has 82 valence electrons. The van der Waals surface area contributed by atoms with Crippen molar-refractivity contribution in [3.05, 3.63) is 12.2 Å². The summed E-state index contributed by atoms with van der Waals surface area (Å²) in [4.78, 5) is 12.5. The van der Waals surface area contributed by atoms with Gasteiger partial charge in [-0.2, -0.15) is 0 Å². The van der Waals surface area contributed by atoms with Crippen molar-refractivity contribution in [1.29, 1.82) is 0 Å². The summed E-state index contributed by atoms with van der Waals surface area (Å²) < 4.78 is 1.96. The SMILES string of the molecule is O=C(O)C(Cl)CN1CCn2cnnc2C1. The third-order valence-corrected chi connectivity index (χ3v) is 2.73. The van der Waals surface area contributed by atoms with E-state index in [0.717, 1.165) is 18.9 Å². The number of hydrogen-bond donors (Lipinski definition) is 1. The zero-order valence-electron chi connectivity index (χ0n) is 8.01. The molecule has 15 heavy (non-hydrogen) atoms. The van der Waals surface area contributed by atoms with E-state index in [0.29, 0.717) is 13.1 Å². The first-order valence-electron chi connectivity index (χ1n) is 4.62. The number of halogens is 1. The second kappa shape index (κ2) is 4.16. The van der Waals surface area contributed by atoms with Crippen LogP contribution in [-0.2, 0) is 17.9 Å². The molecule has 0 aromatic carbocycles. The third-order valence-electron chi connectivity index (χ3n) is 2.40. The molecule has 1 N–H and O–H groups in total. The van der Waals surface area contributed by atoms with Gasteiger partial charge in [-0.15, -0.1) is 21.8 Å². The first-order valence-corrected chi connectivity index (χ1v) is 5.06. The quantitative estimate of drug-likeness (QED) is 0.728. The summed E-state index contributed by atoms with van der Waals surface area (Å²) in [5, 5.41) is 15.5. The zero-order valence-corrected chi connectivity index (χ0v) is 8.76. The molecule has 2 rings (SSSR count). The van der Waals surface area contributed by atoms with E-state index in [9.17, 15) is 4.79 Å². The molecule has 6 nitrogen and oxygen atoms in total. The van der Waals surface area contributed by atoms with Gasteiger partial charge in [-0.3, -0.25) is 9.69 Å². The van der Waals surface area contributed by atoms with E-state index in [4.69, 9.17) is 16.7 Å². The van der Waals surface area contributed by atoms with Crippen LogP contribution in [-0.4, -0.2) is 49.2 Å². The Balaban J connectivity index is 1.95. The fourth-order valence-electron chi connectivity index (χ4n) is 1.58. The van der Waals surface area contributed by atoms with Crippen LogP contribution < -0.4 is 0 Å². The van der Waals surface area contributed by atoms with Gasteiger partial charge >= 0.3 is 5.97 Å². The Morgan fingerprint density at radius 2 is 2.47 bits per heavy atom. The molecule has 0 saturated carbocycles. The molecular formula is C8H11ClN4O2. The predicted molar refractivity (Wildman–Crippen MR) is 52.6 cm³/mol. The van der Waals surface area contributed by atoms with E-state index >= 15 is 0 Å². The summed E-state index contributed by atoms with van der Waals surface area (Å²) in [6.07, 6.45) is 1.68. The first kappa shape index (κ1) is 10.4. The molecule has 0 bridgehead atoms. The highest BCUT2D eigenvalue weighted by molar-refractivity contribution is 6.29. The zero-order chi connectivity index (χ0) is 10.8. The number of fused-ring (bicyclic) bond motifs is 1. The van der Waals surface area contributed by atoms with Gasteiger partial charge in [-0.1, -0.05) is 0 Å². The first-order chi connectivity index (χ1) is 7.16. The average Bonchev–Trinajstić information content (AvgIpc) is 2.64. The predicted octanol–water partition coefficient (Wildman–Crippen LogP) is -0.214. The van der Waals surface area contributed by atoms with Gasteiger partial charge in [0.1, 0.15) is 17.5 Å². The largest absolute Gasteiger partial charge is 0.480 e. The van der Waals surface area contributed by atoms with Crippen LogP contribution >= 0.6 is 11.6 Å². The van der Waals surface area contributed by atoms with Crippen molar-refractivity contribution in [2.45, 2.75) is 18.5 Å². The maximum Gasteiger partial charge on any atom is 0.322 e. The van der Waals surface area contributed by atoms with Crippen molar-refractivity contribution in [2.75, 3.05) is 13.1 Å². The molecule has 0 saturated heterocycles. The lowest BCUT2D eigenvalue weighted by molar-refractivity contribution is -0.137. The van der Waals surface area contributed by atoms with Crippen molar-refractivity contribution < 1.29 is 9.90 Å². The van der Waals surface area contributed by atoms with Crippen LogP contribution in [0.1, 0.15) is 5.82 Å². The van der Waals surface area contributed by atoms with E-state index in [2.05, 4.69) is 10.2 Å². The minimum atomic E-state index is -0.983. The summed E-state index contributed by atoms with van der Waals surface area (Å²) in [5.41, 5.74) is 0. The van der Waals surface area contributed by atoms with Crippen molar-refractivity contribution in [1.82, 2.24) is 19.7 Å². The van der Waals surface area contributed by atoms with Gasteiger partial charge in [-0.05, 0) is 0 Å². The Hall–Kier alpha value is -1.14. The maximum absolute atomic E-state index is 10.6. The van der Waals surface area contributed by atoms with Crippen molar-refractivity contribution in [3.63, 3.8) is 0 Å². The van der Waals surface area contributed by atoms with Gasteiger partial charge in [0.25, 0.3) is 0 Å². The highest BCUT2D eigenvalue weighted by Gasteiger charge is 2.22. The van der Waals surface area contributed by atoms with Crippen molar-refractivity contribution in [2.24, 2.45) is 0 Å². The molecule has 1 atom stereocenters. The summed E-state index contributed by atoms with van der Waals surface area (Å²) in [6.45, 7) is 2.51. The summed E-state index contributed by atoms with van der Waals surface area (Å²) in [7, 11) is 0. The van der Waals surface area contributed by atoms with Crippen LogP contribution in [0.2, 0.25) is 0 Å². The molecule has 2 heterocycles. The van der Waals surface area contributed by atoms with E-state index in [-0.39, 0.29) is 0 Å². The fourth-order valence-corrected chi connectivity index (χ4v) is 1.77. The molecule has 1 aliphatic heterocycles. The van der Waals surface area contributed by atoms with Gasteiger partial charge in [-0.25, -0.2) is 0 Å². The number of rotatable bonds is 3. The van der Waals surface area contributed by atoms with Gasteiger partial charge in [0, 0.05) is 19.6 Å². The van der Waals surface area contributed by atoms with E-state index in [1.807, 2.05) is 9.47 Å². The van der Waals surface area contributed by atoms with Crippen molar-refractivity contribution >= 4 is 17.6 Å². The van der Waals surface area contributed by atoms with Crippen molar-refractivity contribution in [3.8, 4) is 0 Å². The molecule has 0 radical (unpaired) electrons. The lowest BCUT2D eigenvalue weighted by atomic mass is 10.3. The number of hydrogen-bond acceptors (Lipinski definition) is 4. The number of carbonyl (C=O) groups is 1. The number of carboxylic acids is 1. The van der Waals surface area contributed by atoms with Crippen LogP contribution in [0.5, 0.6) is 0 Å². The Morgan fingerprint density at radius 3 is 3.20 bits per heavy atom. The van der Waals surface area contributed by atoms with Crippen LogP contribution in [0.15, 0.2) is 6.33 Å². The number of carboxylic acid groups (broad SMARTS) is 1. The Bertz CT molecular complexity index is 367. The lowest BCUT2D eigenvalue weighted by Crippen LogP contribution is -2.39. The van der Waals surface area contributed by atoms with E-state index < -0.39 is 11.3 Å². The van der Waals surface area contributed by atoms with Gasteiger partial charge in [0.05, 0.1) is 6.54 Å². The highest BCUT2D eigenvalue weighted by atomic mass is 35.5.